The molecule has 1 fully saturated rings. The molecule has 0 heterocycles. The summed E-state index contributed by atoms with van der Waals surface area (Å²) in [5.74, 6) is -1.44. The van der Waals surface area contributed by atoms with E-state index in [1.807, 2.05) is 24.3 Å². The Bertz CT molecular complexity index is 764. The number of rotatable bonds is 5. The van der Waals surface area contributed by atoms with Crippen molar-refractivity contribution in [3.8, 4) is 0 Å². The van der Waals surface area contributed by atoms with Gasteiger partial charge in [0, 0.05) is 10.2 Å². The number of benzene rings is 2. The summed E-state index contributed by atoms with van der Waals surface area (Å²) >= 11 is 3.41. The highest BCUT2D eigenvalue weighted by Gasteiger charge is 2.51. The summed E-state index contributed by atoms with van der Waals surface area (Å²) in [7, 11) is 0. The number of halogens is 1. The van der Waals surface area contributed by atoms with E-state index in [1.165, 1.54) is 0 Å². The quantitative estimate of drug-likeness (QED) is 0.802. The van der Waals surface area contributed by atoms with E-state index in [-0.39, 0.29) is 5.91 Å². The van der Waals surface area contributed by atoms with Crippen LogP contribution in [0.4, 0.5) is 5.69 Å². The molecule has 0 spiro atoms. The standard InChI is InChI=1S/C19H18BrNO3/c1-12(17(22)23)13-2-8-16(9-3-13)21-18(24)19(10-11-19)14-4-6-15(20)7-5-14/h2-9,12H,10-11H2,1H3,(H,21,24)(H,22,23). The van der Waals surface area contributed by atoms with Gasteiger partial charge in [-0.2, -0.15) is 0 Å². The fourth-order valence-electron chi connectivity index (χ4n) is 2.79. The van der Waals surface area contributed by atoms with Gasteiger partial charge in [0.05, 0.1) is 11.3 Å². The van der Waals surface area contributed by atoms with Crippen LogP contribution in [0.1, 0.15) is 36.8 Å². The van der Waals surface area contributed by atoms with E-state index < -0.39 is 17.3 Å². The molecular weight excluding hydrogens is 370 g/mol. The first-order chi connectivity index (χ1) is 11.4. The minimum absolute atomic E-state index is 0.0103. The highest BCUT2D eigenvalue weighted by molar-refractivity contribution is 9.10. The van der Waals surface area contributed by atoms with E-state index in [1.54, 1.807) is 31.2 Å². The molecule has 2 N–H and O–H groups in total. The van der Waals surface area contributed by atoms with Crippen molar-refractivity contribution in [3.05, 3.63) is 64.1 Å². The third-order valence-corrected chi connectivity index (χ3v) is 5.15. The first-order valence-electron chi connectivity index (χ1n) is 7.83. The van der Waals surface area contributed by atoms with E-state index >= 15 is 0 Å². The van der Waals surface area contributed by atoms with Crippen LogP contribution in [0.3, 0.4) is 0 Å². The van der Waals surface area contributed by atoms with Gasteiger partial charge in [-0.3, -0.25) is 9.59 Å². The molecule has 2 aromatic carbocycles. The number of aliphatic carboxylic acids is 1. The molecule has 1 saturated carbocycles. The predicted octanol–water partition coefficient (Wildman–Crippen LogP) is 4.31. The van der Waals surface area contributed by atoms with Crippen LogP contribution in [0.2, 0.25) is 0 Å². The maximum absolute atomic E-state index is 12.7. The minimum atomic E-state index is -0.862. The Labute approximate surface area is 149 Å². The Morgan fingerprint density at radius 3 is 2.17 bits per heavy atom. The van der Waals surface area contributed by atoms with Crippen molar-refractivity contribution < 1.29 is 14.7 Å². The molecule has 3 rings (SSSR count). The Morgan fingerprint density at radius 2 is 1.67 bits per heavy atom. The third kappa shape index (κ3) is 3.22. The number of carbonyl (C=O) groups is 2. The zero-order chi connectivity index (χ0) is 17.3. The molecule has 0 saturated heterocycles. The third-order valence-electron chi connectivity index (χ3n) is 4.62. The molecule has 1 aliphatic rings. The van der Waals surface area contributed by atoms with Gasteiger partial charge >= 0.3 is 5.97 Å². The van der Waals surface area contributed by atoms with Gasteiger partial charge in [0.15, 0.2) is 0 Å². The summed E-state index contributed by atoms with van der Waals surface area (Å²) < 4.78 is 0.991. The van der Waals surface area contributed by atoms with Crippen LogP contribution in [0.15, 0.2) is 53.0 Å². The van der Waals surface area contributed by atoms with Gasteiger partial charge in [0.2, 0.25) is 5.91 Å². The highest BCUT2D eigenvalue weighted by Crippen LogP contribution is 2.49. The first kappa shape index (κ1) is 16.7. The van der Waals surface area contributed by atoms with Crippen molar-refractivity contribution in [2.45, 2.75) is 31.1 Å². The summed E-state index contributed by atoms with van der Waals surface area (Å²) in [6, 6.07) is 14.9. The van der Waals surface area contributed by atoms with Gasteiger partial charge < -0.3 is 10.4 Å². The average molecular weight is 388 g/mol. The molecular formula is C19H18BrNO3. The normalized spacial score (nSPS) is 16.2. The van der Waals surface area contributed by atoms with Crippen LogP contribution in [-0.4, -0.2) is 17.0 Å². The molecule has 0 aromatic heterocycles. The van der Waals surface area contributed by atoms with Crippen LogP contribution in [0.5, 0.6) is 0 Å². The fourth-order valence-corrected chi connectivity index (χ4v) is 3.05. The highest BCUT2D eigenvalue weighted by atomic mass is 79.9. The Hall–Kier alpha value is -2.14. The molecule has 1 amide bonds. The number of carboxylic acid groups (broad SMARTS) is 1. The summed E-state index contributed by atoms with van der Waals surface area (Å²) in [5, 5.41) is 12.0. The maximum atomic E-state index is 12.7. The lowest BCUT2D eigenvalue weighted by molar-refractivity contribution is -0.138. The van der Waals surface area contributed by atoms with Gasteiger partial charge in [0.1, 0.15) is 0 Å². The monoisotopic (exact) mass is 387 g/mol. The molecule has 1 aliphatic carbocycles. The number of carboxylic acids is 1. The molecule has 0 aliphatic heterocycles. The molecule has 1 unspecified atom stereocenters. The SMILES string of the molecule is CC(C(=O)O)c1ccc(NC(=O)C2(c3ccc(Br)cc3)CC2)cc1. The summed E-state index contributed by atoms with van der Waals surface area (Å²) in [4.78, 5) is 23.7. The van der Waals surface area contributed by atoms with Crippen molar-refractivity contribution in [1.29, 1.82) is 0 Å². The van der Waals surface area contributed by atoms with E-state index in [4.69, 9.17) is 5.11 Å². The molecule has 4 nitrogen and oxygen atoms in total. The molecule has 24 heavy (non-hydrogen) atoms. The van der Waals surface area contributed by atoms with Crippen molar-refractivity contribution in [3.63, 3.8) is 0 Å². The number of hydrogen-bond donors (Lipinski definition) is 2. The molecule has 1 atom stereocenters. The van der Waals surface area contributed by atoms with E-state index in [0.29, 0.717) is 5.69 Å². The zero-order valence-corrected chi connectivity index (χ0v) is 14.8. The number of hydrogen-bond acceptors (Lipinski definition) is 2. The zero-order valence-electron chi connectivity index (χ0n) is 13.3. The molecule has 5 heteroatoms. The van der Waals surface area contributed by atoms with E-state index in [2.05, 4.69) is 21.2 Å². The molecule has 0 radical (unpaired) electrons. The van der Waals surface area contributed by atoms with E-state index in [9.17, 15) is 9.59 Å². The Balaban J connectivity index is 1.73. The van der Waals surface area contributed by atoms with Gasteiger partial charge in [-0.15, -0.1) is 0 Å². The second-order valence-corrected chi connectivity index (χ2v) is 7.14. The molecule has 124 valence electrons. The second-order valence-electron chi connectivity index (χ2n) is 6.23. The number of nitrogens with one attached hydrogen (secondary N) is 1. The van der Waals surface area contributed by atoms with Crippen molar-refractivity contribution >= 4 is 33.5 Å². The van der Waals surface area contributed by atoms with Crippen molar-refractivity contribution in [2.75, 3.05) is 5.32 Å². The van der Waals surface area contributed by atoms with E-state index in [0.717, 1.165) is 28.4 Å². The van der Waals surface area contributed by atoms with Crippen LogP contribution < -0.4 is 5.32 Å². The lowest BCUT2D eigenvalue weighted by Crippen LogP contribution is -2.27. The van der Waals surface area contributed by atoms with Gasteiger partial charge in [0.25, 0.3) is 0 Å². The fraction of sp³-hybridized carbons (Fsp3) is 0.263. The number of anilines is 1. The lowest BCUT2D eigenvalue weighted by atomic mass is 9.95. The van der Waals surface area contributed by atoms with Gasteiger partial charge in [-0.25, -0.2) is 0 Å². The minimum Gasteiger partial charge on any atom is -0.481 e. The molecule has 0 bridgehead atoms. The largest absolute Gasteiger partial charge is 0.481 e. The second kappa shape index (κ2) is 6.40. The van der Waals surface area contributed by atoms with Crippen LogP contribution >= 0.6 is 15.9 Å². The van der Waals surface area contributed by atoms with Gasteiger partial charge in [-0.05, 0) is 55.2 Å². The Kier molecular flexibility index (Phi) is 4.45. The summed E-state index contributed by atoms with van der Waals surface area (Å²) in [6.45, 7) is 1.64. The van der Waals surface area contributed by atoms with Crippen molar-refractivity contribution in [2.24, 2.45) is 0 Å². The van der Waals surface area contributed by atoms with Crippen LogP contribution in [0.25, 0.3) is 0 Å². The maximum Gasteiger partial charge on any atom is 0.310 e. The molecule has 2 aromatic rings. The van der Waals surface area contributed by atoms with Gasteiger partial charge in [-0.1, -0.05) is 40.2 Å². The smallest absolute Gasteiger partial charge is 0.310 e. The predicted molar refractivity (Wildman–Crippen MR) is 96.2 cm³/mol. The Morgan fingerprint density at radius 1 is 1.08 bits per heavy atom. The average Bonchev–Trinajstić information content (AvgIpc) is 3.37. The number of carbonyl (C=O) groups excluding carboxylic acids is 1. The van der Waals surface area contributed by atoms with Crippen LogP contribution in [0, 0.1) is 0 Å². The first-order valence-corrected chi connectivity index (χ1v) is 8.62. The topological polar surface area (TPSA) is 66.4 Å². The summed E-state index contributed by atoms with van der Waals surface area (Å²) in [6.07, 6.45) is 1.68. The number of amides is 1. The van der Waals surface area contributed by atoms with Crippen LogP contribution in [-0.2, 0) is 15.0 Å². The lowest BCUT2D eigenvalue weighted by Gasteiger charge is -2.16. The summed E-state index contributed by atoms with van der Waals surface area (Å²) in [5.41, 5.74) is 1.99. The van der Waals surface area contributed by atoms with Crippen molar-refractivity contribution in [1.82, 2.24) is 0 Å².